The summed E-state index contributed by atoms with van der Waals surface area (Å²) in [6.07, 6.45) is 0.452. The van der Waals surface area contributed by atoms with E-state index >= 15 is 0 Å². The molecule has 0 amide bonds. The highest BCUT2D eigenvalue weighted by Crippen LogP contribution is 2.38. The molecule has 102 valence electrons. The molecule has 1 heterocycles. The molecule has 19 heavy (non-hydrogen) atoms. The summed E-state index contributed by atoms with van der Waals surface area (Å²) in [5.41, 5.74) is 0.544. The third-order valence-electron chi connectivity index (χ3n) is 3.32. The van der Waals surface area contributed by atoms with Gasteiger partial charge in [-0.05, 0) is 38.0 Å². The number of hydrogen-bond donors (Lipinski definition) is 1. The molecule has 2 rings (SSSR count). The molecule has 0 spiro atoms. The Morgan fingerprint density at radius 2 is 2.21 bits per heavy atom. The van der Waals surface area contributed by atoms with E-state index in [1.54, 1.807) is 19.1 Å². The molecule has 0 aliphatic carbocycles. The van der Waals surface area contributed by atoms with Gasteiger partial charge in [-0.3, -0.25) is 9.59 Å². The van der Waals surface area contributed by atoms with Crippen molar-refractivity contribution >= 4 is 23.4 Å². The van der Waals surface area contributed by atoms with Crippen LogP contribution in [-0.4, -0.2) is 22.5 Å². The lowest BCUT2D eigenvalue weighted by Gasteiger charge is -2.35. The van der Waals surface area contributed by atoms with Crippen LogP contribution in [0.3, 0.4) is 0 Å². The van der Waals surface area contributed by atoms with Crippen molar-refractivity contribution in [2.24, 2.45) is 0 Å². The Kier molecular flexibility index (Phi) is 3.54. The maximum absolute atomic E-state index is 12.1. The third-order valence-corrected chi connectivity index (χ3v) is 3.73. The number of carbonyl (C=O) groups excluding carboxylic acids is 1. The van der Waals surface area contributed by atoms with Crippen molar-refractivity contribution in [1.82, 2.24) is 0 Å². The summed E-state index contributed by atoms with van der Waals surface area (Å²) in [7, 11) is 0. The second-order valence-corrected chi connectivity index (χ2v) is 5.55. The van der Waals surface area contributed by atoms with Crippen molar-refractivity contribution < 1.29 is 19.4 Å². The number of aliphatic carboxylic acids is 1. The second-order valence-electron chi connectivity index (χ2n) is 5.14. The first-order chi connectivity index (χ1) is 8.81. The van der Waals surface area contributed by atoms with Crippen LogP contribution in [0.15, 0.2) is 12.1 Å². The lowest BCUT2D eigenvalue weighted by atomic mass is 9.87. The van der Waals surface area contributed by atoms with Gasteiger partial charge in [0.05, 0.1) is 12.0 Å². The van der Waals surface area contributed by atoms with Crippen molar-refractivity contribution in [1.29, 1.82) is 0 Å². The van der Waals surface area contributed by atoms with Crippen LogP contribution in [0.4, 0.5) is 0 Å². The van der Waals surface area contributed by atoms with Crippen molar-refractivity contribution in [2.45, 2.75) is 38.7 Å². The van der Waals surface area contributed by atoms with Crippen molar-refractivity contribution in [3.05, 3.63) is 28.3 Å². The molecule has 0 saturated heterocycles. The second kappa shape index (κ2) is 4.85. The number of benzene rings is 1. The summed E-state index contributed by atoms with van der Waals surface area (Å²) in [6.45, 7) is 3.60. The van der Waals surface area contributed by atoms with Gasteiger partial charge < -0.3 is 9.84 Å². The maximum atomic E-state index is 12.1. The molecule has 0 aromatic heterocycles. The summed E-state index contributed by atoms with van der Waals surface area (Å²) < 4.78 is 5.83. The number of fused-ring (bicyclic) bond motifs is 1. The average Bonchev–Trinajstić information content (AvgIpc) is 2.30. The van der Waals surface area contributed by atoms with Crippen molar-refractivity contribution in [3.8, 4) is 5.75 Å². The van der Waals surface area contributed by atoms with Crippen molar-refractivity contribution in [2.75, 3.05) is 0 Å². The van der Waals surface area contributed by atoms with Gasteiger partial charge in [0, 0.05) is 11.4 Å². The Balaban J connectivity index is 2.30. The number of carbonyl (C=O) groups is 2. The molecule has 1 aliphatic heterocycles. The van der Waals surface area contributed by atoms with E-state index < -0.39 is 11.6 Å². The van der Waals surface area contributed by atoms with Crippen LogP contribution >= 0.6 is 11.6 Å². The van der Waals surface area contributed by atoms with Gasteiger partial charge in [-0.1, -0.05) is 11.6 Å². The van der Waals surface area contributed by atoms with E-state index in [1.807, 2.05) is 6.92 Å². The summed E-state index contributed by atoms with van der Waals surface area (Å²) in [5.74, 6) is -0.461. The molecule has 1 atom stereocenters. The fourth-order valence-corrected chi connectivity index (χ4v) is 2.37. The van der Waals surface area contributed by atoms with Crippen molar-refractivity contribution in [3.63, 3.8) is 0 Å². The van der Waals surface area contributed by atoms with E-state index in [4.69, 9.17) is 21.4 Å². The Morgan fingerprint density at radius 1 is 1.53 bits per heavy atom. The molecule has 1 unspecified atom stereocenters. The Labute approximate surface area is 116 Å². The lowest BCUT2D eigenvalue weighted by Crippen LogP contribution is -2.39. The lowest BCUT2D eigenvalue weighted by molar-refractivity contribution is -0.138. The minimum absolute atomic E-state index is 0.0221. The van der Waals surface area contributed by atoms with E-state index in [2.05, 4.69) is 0 Å². The highest BCUT2D eigenvalue weighted by molar-refractivity contribution is 6.31. The van der Waals surface area contributed by atoms with Gasteiger partial charge in [0.15, 0.2) is 5.78 Å². The smallest absolute Gasteiger partial charge is 0.303 e. The average molecular weight is 283 g/mol. The summed E-state index contributed by atoms with van der Waals surface area (Å²) in [6, 6.07) is 3.35. The first-order valence-electron chi connectivity index (χ1n) is 6.05. The van der Waals surface area contributed by atoms with E-state index in [9.17, 15) is 9.59 Å². The fourth-order valence-electron chi connectivity index (χ4n) is 2.20. The number of hydrogen-bond acceptors (Lipinski definition) is 3. The molecular weight excluding hydrogens is 268 g/mol. The zero-order valence-corrected chi connectivity index (χ0v) is 11.6. The molecule has 1 aliphatic rings. The van der Waals surface area contributed by atoms with Gasteiger partial charge >= 0.3 is 5.97 Å². The Morgan fingerprint density at radius 3 is 2.84 bits per heavy atom. The van der Waals surface area contributed by atoms with Gasteiger partial charge in [-0.25, -0.2) is 0 Å². The molecular formula is C14H15ClO4. The number of ketones is 1. The minimum Gasteiger partial charge on any atom is -0.486 e. The number of carboxylic acids is 1. The molecule has 0 bridgehead atoms. The van der Waals surface area contributed by atoms with Gasteiger partial charge in [0.25, 0.3) is 0 Å². The van der Waals surface area contributed by atoms with Crippen LogP contribution in [0.25, 0.3) is 0 Å². The summed E-state index contributed by atoms with van der Waals surface area (Å²) in [4.78, 5) is 22.8. The number of halogens is 1. The number of Topliss-reactive ketones (excluding diaryl/α,β-unsaturated/α-hetero) is 1. The molecule has 5 heteroatoms. The summed E-state index contributed by atoms with van der Waals surface area (Å²) >= 11 is 6.00. The predicted molar refractivity (Wildman–Crippen MR) is 71.0 cm³/mol. The first-order valence-corrected chi connectivity index (χ1v) is 6.43. The van der Waals surface area contributed by atoms with Crippen LogP contribution in [0, 0.1) is 6.92 Å². The Bertz CT molecular complexity index is 553. The minimum atomic E-state index is -0.893. The van der Waals surface area contributed by atoms with Gasteiger partial charge in [0.2, 0.25) is 0 Å². The topological polar surface area (TPSA) is 63.6 Å². The third kappa shape index (κ3) is 2.89. The van der Waals surface area contributed by atoms with E-state index in [1.165, 1.54) is 0 Å². The molecule has 1 aromatic carbocycles. The quantitative estimate of drug-likeness (QED) is 0.924. The number of aryl methyl sites for hydroxylation is 1. The van der Waals surface area contributed by atoms with E-state index in [0.29, 0.717) is 22.8 Å². The van der Waals surface area contributed by atoms with Crippen LogP contribution < -0.4 is 4.74 Å². The van der Waals surface area contributed by atoms with E-state index in [0.717, 1.165) is 5.56 Å². The molecule has 1 aromatic rings. The summed E-state index contributed by atoms with van der Waals surface area (Å²) in [5, 5.41) is 9.27. The molecule has 4 nitrogen and oxygen atoms in total. The monoisotopic (exact) mass is 282 g/mol. The fraction of sp³-hybridized carbons (Fsp3) is 0.429. The standard InChI is InChI=1S/C14H15ClO4/c1-8-5-12-9(6-10(8)15)11(16)7-14(2,19-12)4-3-13(17)18/h5-6H,3-4,7H2,1-2H3,(H,17,18). The van der Waals surface area contributed by atoms with Crippen LogP contribution in [0.1, 0.15) is 42.1 Å². The molecule has 0 radical (unpaired) electrons. The highest BCUT2D eigenvalue weighted by atomic mass is 35.5. The Hall–Kier alpha value is -1.55. The number of ether oxygens (including phenoxy) is 1. The zero-order valence-electron chi connectivity index (χ0n) is 10.8. The van der Waals surface area contributed by atoms with Crippen LogP contribution in [-0.2, 0) is 4.79 Å². The highest BCUT2D eigenvalue weighted by Gasteiger charge is 2.37. The molecule has 0 fully saturated rings. The van der Waals surface area contributed by atoms with Crippen LogP contribution in [0.5, 0.6) is 5.75 Å². The maximum Gasteiger partial charge on any atom is 0.303 e. The van der Waals surface area contributed by atoms with Gasteiger partial charge in [-0.2, -0.15) is 0 Å². The van der Waals surface area contributed by atoms with Crippen LogP contribution in [0.2, 0.25) is 5.02 Å². The molecule has 1 N–H and O–H groups in total. The number of rotatable bonds is 3. The first kappa shape index (κ1) is 13.9. The number of carboxylic acid groups (broad SMARTS) is 1. The predicted octanol–water partition coefficient (Wildman–Crippen LogP) is 3.24. The largest absolute Gasteiger partial charge is 0.486 e. The van der Waals surface area contributed by atoms with E-state index in [-0.39, 0.29) is 18.6 Å². The SMILES string of the molecule is Cc1cc2c(cc1Cl)C(=O)CC(C)(CCC(=O)O)O2. The normalized spacial score (nSPS) is 21.7. The van der Waals surface area contributed by atoms with Gasteiger partial charge in [0.1, 0.15) is 11.4 Å². The zero-order chi connectivity index (χ0) is 14.2. The van der Waals surface area contributed by atoms with Gasteiger partial charge in [-0.15, -0.1) is 0 Å². The molecule has 0 saturated carbocycles.